The average molecular weight is 355 g/mol. The van der Waals surface area contributed by atoms with Crippen molar-refractivity contribution in [2.45, 2.75) is 25.9 Å². The maximum Gasteiger partial charge on any atom is 0.268 e. The van der Waals surface area contributed by atoms with Crippen LogP contribution in [0.3, 0.4) is 0 Å². The topological polar surface area (TPSA) is 79.8 Å². The minimum Gasteiger partial charge on any atom is -0.382 e. The van der Waals surface area contributed by atoms with Crippen LogP contribution in [0, 0.1) is 5.82 Å². The lowest BCUT2D eigenvalue weighted by molar-refractivity contribution is -0.125. The first-order valence-corrected chi connectivity index (χ1v) is 8.24. The molecular weight excluding hydrogens is 337 g/mol. The lowest BCUT2D eigenvalue weighted by Gasteiger charge is -2.11. The van der Waals surface area contributed by atoms with Crippen LogP contribution in [-0.4, -0.2) is 23.6 Å². The van der Waals surface area contributed by atoms with Crippen molar-refractivity contribution in [1.29, 1.82) is 0 Å². The Bertz CT molecular complexity index is 867. The Morgan fingerprint density at radius 3 is 2.62 bits per heavy atom. The van der Waals surface area contributed by atoms with E-state index in [0.717, 1.165) is 0 Å². The van der Waals surface area contributed by atoms with Crippen LogP contribution in [0.4, 0.5) is 15.8 Å². The van der Waals surface area contributed by atoms with Crippen LogP contribution in [-0.2, 0) is 14.4 Å². The molecule has 0 saturated carbocycles. The number of carbonyl (C=O) groups is 2. The second-order valence-electron chi connectivity index (χ2n) is 5.82. The van der Waals surface area contributed by atoms with Crippen molar-refractivity contribution >= 4 is 28.9 Å². The second kappa shape index (κ2) is 7.77. The van der Waals surface area contributed by atoms with Gasteiger partial charge in [0.25, 0.3) is 5.91 Å². The molecule has 1 atom stereocenters. The SMILES string of the molecule is CCC(=O)Nc1cccc(NC(=O)C2CC(c3cccc(F)c3)=NO2)c1. The molecule has 2 amide bonds. The van der Waals surface area contributed by atoms with E-state index in [1.165, 1.54) is 12.1 Å². The zero-order valence-corrected chi connectivity index (χ0v) is 14.2. The second-order valence-corrected chi connectivity index (χ2v) is 5.82. The van der Waals surface area contributed by atoms with Gasteiger partial charge in [0.1, 0.15) is 5.82 Å². The minimum absolute atomic E-state index is 0.110. The van der Waals surface area contributed by atoms with Crippen molar-refractivity contribution in [1.82, 2.24) is 0 Å². The molecule has 2 N–H and O–H groups in total. The number of hydrogen-bond acceptors (Lipinski definition) is 4. The van der Waals surface area contributed by atoms with Crippen molar-refractivity contribution in [3.8, 4) is 0 Å². The van der Waals surface area contributed by atoms with Gasteiger partial charge in [0, 0.05) is 29.8 Å². The molecule has 3 rings (SSSR count). The van der Waals surface area contributed by atoms with Gasteiger partial charge >= 0.3 is 0 Å². The first-order chi connectivity index (χ1) is 12.5. The summed E-state index contributed by atoms with van der Waals surface area (Å²) in [5, 5.41) is 9.36. The third kappa shape index (κ3) is 4.24. The van der Waals surface area contributed by atoms with Gasteiger partial charge in [0.2, 0.25) is 12.0 Å². The summed E-state index contributed by atoms with van der Waals surface area (Å²) in [4.78, 5) is 29.0. The molecule has 1 unspecified atom stereocenters. The Labute approximate surface area is 150 Å². The normalized spacial score (nSPS) is 15.8. The molecule has 0 fully saturated rings. The molecule has 0 spiro atoms. The van der Waals surface area contributed by atoms with E-state index in [-0.39, 0.29) is 24.1 Å². The molecule has 134 valence electrons. The van der Waals surface area contributed by atoms with Gasteiger partial charge in [-0.15, -0.1) is 0 Å². The van der Waals surface area contributed by atoms with Crippen LogP contribution in [0.25, 0.3) is 0 Å². The summed E-state index contributed by atoms with van der Waals surface area (Å²) >= 11 is 0. The fourth-order valence-electron chi connectivity index (χ4n) is 2.50. The molecule has 0 radical (unpaired) electrons. The van der Waals surface area contributed by atoms with E-state index >= 15 is 0 Å². The van der Waals surface area contributed by atoms with E-state index in [1.807, 2.05) is 0 Å². The highest BCUT2D eigenvalue weighted by Crippen LogP contribution is 2.20. The largest absolute Gasteiger partial charge is 0.382 e. The standard InChI is InChI=1S/C19H18FN3O3/c1-2-18(24)21-14-7-4-8-15(10-14)22-19(25)17-11-16(23-26-17)12-5-3-6-13(20)9-12/h3-10,17H,2,11H2,1H3,(H,21,24)(H,22,25). The van der Waals surface area contributed by atoms with Gasteiger partial charge < -0.3 is 15.5 Å². The Morgan fingerprint density at radius 2 is 1.88 bits per heavy atom. The average Bonchev–Trinajstić information content (AvgIpc) is 3.12. The van der Waals surface area contributed by atoms with E-state index in [4.69, 9.17) is 4.84 Å². The number of halogens is 1. The number of benzene rings is 2. The predicted molar refractivity (Wildman–Crippen MR) is 96.4 cm³/mol. The summed E-state index contributed by atoms with van der Waals surface area (Å²) in [6.07, 6.45) is -0.170. The third-order valence-electron chi connectivity index (χ3n) is 3.85. The van der Waals surface area contributed by atoms with Gasteiger partial charge in [-0.05, 0) is 30.3 Å². The number of amides is 2. The fraction of sp³-hybridized carbons (Fsp3) is 0.211. The molecule has 2 aromatic carbocycles. The van der Waals surface area contributed by atoms with E-state index in [9.17, 15) is 14.0 Å². The minimum atomic E-state index is -0.790. The maximum absolute atomic E-state index is 13.3. The van der Waals surface area contributed by atoms with Crippen LogP contribution < -0.4 is 10.6 Å². The van der Waals surface area contributed by atoms with Gasteiger partial charge in [-0.25, -0.2) is 4.39 Å². The van der Waals surface area contributed by atoms with E-state index in [1.54, 1.807) is 43.3 Å². The molecule has 26 heavy (non-hydrogen) atoms. The highest BCUT2D eigenvalue weighted by atomic mass is 19.1. The van der Waals surface area contributed by atoms with Crippen molar-refractivity contribution in [2.75, 3.05) is 10.6 Å². The lowest BCUT2D eigenvalue weighted by atomic mass is 10.0. The summed E-state index contributed by atoms with van der Waals surface area (Å²) in [6, 6.07) is 12.8. The monoisotopic (exact) mass is 355 g/mol. The smallest absolute Gasteiger partial charge is 0.268 e. The quantitative estimate of drug-likeness (QED) is 0.864. The number of rotatable bonds is 5. The number of hydrogen-bond donors (Lipinski definition) is 2. The van der Waals surface area contributed by atoms with Gasteiger partial charge in [-0.2, -0.15) is 0 Å². The zero-order chi connectivity index (χ0) is 18.5. The molecule has 1 heterocycles. The molecule has 0 aliphatic carbocycles. The molecule has 0 saturated heterocycles. The van der Waals surface area contributed by atoms with Crippen molar-refractivity contribution in [3.63, 3.8) is 0 Å². The van der Waals surface area contributed by atoms with Crippen LogP contribution in [0.1, 0.15) is 25.3 Å². The predicted octanol–water partition coefficient (Wildman–Crippen LogP) is 3.31. The van der Waals surface area contributed by atoms with E-state index in [2.05, 4.69) is 15.8 Å². The maximum atomic E-state index is 13.3. The molecule has 1 aliphatic rings. The van der Waals surface area contributed by atoms with E-state index < -0.39 is 6.10 Å². The van der Waals surface area contributed by atoms with Crippen molar-refractivity contribution < 1.29 is 18.8 Å². The lowest BCUT2D eigenvalue weighted by Crippen LogP contribution is -2.28. The molecule has 0 bridgehead atoms. The number of anilines is 2. The van der Waals surface area contributed by atoms with Crippen LogP contribution in [0.5, 0.6) is 0 Å². The van der Waals surface area contributed by atoms with Gasteiger partial charge in [0.15, 0.2) is 0 Å². The van der Waals surface area contributed by atoms with Crippen molar-refractivity contribution in [3.05, 3.63) is 59.9 Å². The summed E-state index contributed by atoms with van der Waals surface area (Å²) in [5.74, 6) is -0.844. The highest BCUT2D eigenvalue weighted by molar-refractivity contribution is 6.06. The first kappa shape index (κ1) is 17.6. The molecule has 7 heteroatoms. The first-order valence-electron chi connectivity index (χ1n) is 8.24. The van der Waals surface area contributed by atoms with Crippen LogP contribution >= 0.6 is 0 Å². The molecule has 0 aromatic heterocycles. The molecule has 6 nitrogen and oxygen atoms in total. The summed E-state index contributed by atoms with van der Waals surface area (Å²) in [7, 11) is 0. The number of carbonyl (C=O) groups excluding carboxylic acids is 2. The van der Waals surface area contributed by atoms with E-state index in [0.29, 0.717) is 29.1 Å². The Hall–Kier alpha value is -3.22. The molecule has 1 aliphatic heterocycles. The Kier molecular flexibility index (Phi) is 5.26. The number of nitrogens with zero attached hydrogens (tertiary/aromatic N) is 1. The summed E-state index contributed by atoms with van der Waals surface area (Å²) in [6.45, 7) is 1.76. The fourth-order valence-corrected chi connectivity index (χ4v) is 2.50. The molecular formula is C19H18FN3O3. The van der Waals surface area contributed by atoms with Gasteiger partial charge in [-0.3, -0.25) is 9.59 Å². The number of nitrogens with one attached hydrogen (secondary N) is 2. The summed E-state index contributed by atoms with van der Waals surface area (Å²) in [5.41, 5.74) is 2.24. The number of oxime groups is 1. The Balaban J connectivity index is 1.61. The molecule has 2 aromatic rings. The van der Waals surface area contributed by atoms with Gasteiger partial charge in [0.05, 0.1) is 5.71 Å². The summed E-state index contributed by atoms with van der Waals surface area (Å²) < 4.78 is 13.3. The Morgan fingerprint density at radius 1 is 1.15 bits per heavy atom. The van der Waals surface area contributed by atoms with Crippen LogP contribution in [0.15, 0.2) is 53.7 Å². The highest BCUT2D eigenvalue weighted by Gasteiger charge is 2.29. The van der Waals surface area contributed by atoms with Crippen molar-refractivity contribution in [2.24, 2.45) is 5.16 Å². The third-order valence-corrected chi connectivity index (χ3v) is 3.85. The van der Waals surface area contributed by atoms with Gasteiger partial charge in [-0.1, -0.05) is 30.3 Å². The van der Waals surface area contributed by atoms with Crippen LogP contribution in [0.2, 0.25) is 0 Å². The zero-order valence-electron chi connectivity index (χ0n) is 14.2.